The second kappa shape index (κ2) is 23.5. The molecular weight excluding hydrogens is 1000 g/mol. The van der Waals surface area contributed by atoms with Crippen molar-refractivity contribution in [2.45, 2.75) is 148 Å². The number of hydrogen-bond acceptors (Lipinski definition) is 19. The first kappa shape index (κ1) is 57.6. The van der Waals surface area contributed by atoms with Gasteiger partial charge < -0.3 is 66.2 Å². The van der Waals surface area contributed by atoms with E-state index < -0.39 is 36.1 Å². The number of nitrogens with two attached hydrogens (primary N) is 2. The SMILES string of the molecule is C.C.C[C@H]1OC(Cl)[C@@H]2OC(C)(C)O[C@H]12.C[C@H]1OC(n2cnc3c(=S)nc[nH]c32)[C@H](O)[C@@H]1O.C[C@H]1OC(n2cnc3c(Cl)ncnc32)[C@@H]2OC(C)(C)O[C@H]12.Clc1ncnc2nc[nH]c12.NC(N)=S.[H-].[Na+]. The van der Waals surface area contributed by atoms with Crippen LogP contribution in [-0.2, 0) is 33.2 Å². The van der Waals surface area contributed by atoms with E-state index in [1.165, 1.54) is 31.6 Å². The number of aliphatic hydroxyl groups excluding tert-OH is 2. The number of nitrogens with one attached hydrogen (secondary N) is 2. The van der Waals surface area contributed by atoms with Crippen LogP contribution in [0.15, 0.2) is 38.0 Å². The molecule has 6 aromatic heterocycles. The third-order valence-electron chi connectivity index (χ3n) is 10.4. The minimum Gasteiger partial charge on any atom is -1.00 e. The van der Waals surface area contributed by atoms with Crippen LogP contribution in [0.1, 0.15) is 77.2 Å². The Bertz CT molecular complexity index is 2670. The Morgan fingerprint density at radius 3 is 1.84 bits per heavy atom. The monoisotopic (exact) mass is 1060 g/mol. The predicted octanol–water partition coefficient (Wildman–Crippen LogP) is 2.12. The molecule has 23 nitrogen and oxygen atoms in total. The average molecular weight is 1060 g/mol. The van der Waals surface area contributed by atoms with Crippen LogP contribution in [0.25, 0.3) is 33.5 Å². The largest absolute Gasteiger partial charge is 1.00 e. The second-order valence-corrected chi connectivity index (χ2v) is 18.0. The molecule has 5 saturated heterocycles. The maximum atomic E-state index is 9.95. The summed E-state index contributed by atoms with van der Waals surface area (Å²) in [5.41, 5.74) is 12.5. The van der Waals surface area contributed by atoms with Gasteiger partial charge >= 0.3 is 29.6 Å². The molecule has 29 heteroatoms. The van der Waals surface area contributed by atoms with Gasteiger partial charge in [0.1, 0.15) is 71.5 Å². The van der Waals surface area contributed by atoms with Crippen molar-refractivity contribution in [3.05, 3.63) is 52.9 Å². The van der Waals surface area contributed by atoms with Crippen molar-refractivity contribution < 1.29 is 74.4 Å². The smallest absolute Gasteiger partial charge is 1.00 e. The fourth-order valence-electron chi connectivity index (χ4n) is 7.61. The van der Waals surface area contributed by atoms with E-state index in [0.29, 0.717) is 48.4 Å². The summed E-state index contributed by atoms with van der Waals surface area (Å²) in [4.78, 5) is 37.8. The van der Waals surface area contributed by atoms with Gasteiger partial charge in [-0.1, -0.05) is 61.9 Å². The van der Waals surface area contributed by atoms with E-state index in [0.717, 1.165) is 0 Å². The molecule has 3 unspecified atom stereocenters. The van der Waals surface area contributed by atoms with Gasteiger partial charge in [0.15, 0.2) is 60.9 Å². The normalized spacial score (nSPS) is 30.1. The predicted molar refractivity (Wildman–Crippen MR) is 254 cm³/mol. The summed E-state index contributed by atoms with van der Waals surface area (Å²) >= 11 is 26.8. The summed E-state index contributed by atoms with van der Waals surface area (Å²) in [7, 11) is 0. The zero-order valence-corrected chi connectivity index (χ0v) is 42.6. The number of alkyl halides is 1. The molecule has 12 atom stereocenters. The number of hydrogen-bond donors (Lipinski definition) is 6. The van der Waals surface area contributed by atoms with Gasteiger partial charge in [0.05, 0.1) is 43.6 Å². The van der Waals surface area contributed by atoms with Crippen molar-refractivity contribution in [1.29, 1.82) is 0 Å². The summed E-state index contributed by atoms with van der Waals surface area (Å²) < 4.78 is 43.8. The number of rotatable bonds is 2. The third-order valence-corrected chi connectivity index (χ3v) is 11.6. The van der Waals surface area contributed by atoms with Crippen LogP contribution in [0, 0.1) is 4.64 Å². The van der Waals surface area contributed by atoms with E-state index in [1.807, 2.05) is 46.1 Å². The molecule has 11 rings (SSSR count). The molecule has 0 spiro atoms. The molecule has 0 amide bonds. The number of imidazole rings is 3. The zero-order valence-electron chi connectivity index (χ0n) is 37.7. The zero-order chi connectivity index (χ0) is 47.1. The van der Waals surface area contributed by atoms with Crippen LogP contribution in [0.4, 0.5) is 0 Å². The minimum atomic E-state index is -1.01. The molecule has 0 saturated carbocycles. The van der Waals surface area contributed by atoms with Gasteiger partial charge in [-0.05, 0) is 60.7 Å². The van der Waals surface area contributed by atoms with E-state index in [4.69, 9.17) is 80.2 Å². The standard InChI is InChI=1S/C13H15ClN4O3.C10H12N4O3S.C8H13ClO3.C5H3ClN4.CH4N2S.2CH4.Na.H/c1-6-8-9(21-13(2,3)20-8)12(19-6)18-5-17-7-10(14)15-4-16-11(7)18;1-4-6(15)7(16)10(17-4)14-3-13-5-8(14)11-2-12-9(5)18;1-4-5-6(7(9)10-4)12-8(2,3)11-5;6-4-3-5(9-1-7-3)10-2-8-4;2-1(3)4;;;;/h4-6,8-9,12H,1-3H3;2-4,6-7,10,15-16H,1H3,(H,11,12,18);4-7H,1-3H3;1-2H,(H,7,8,9,10);(H4,2,3,4);2*1H4;;/q;;;;;;;+1;-1/t6-,8-,9-,12?;4-,6-,7-,10?;4-,5-,6-,7?;;;;;;/m111....../s1. The molecule has 5 aliphatic heterocycles. The van der Waals surface area contributed by atoms with Gasteiger partial charge in [0.25, 0.3) is 0 Å². The Hall–Kier alpha value is -2.93. The fraction of sp³-hybridized carbons (Fsp3) is 0.590. The number of aromatic amines is 2. The van der Waals surface area contributed by atoms with Gasteiger partial charge in [-0.15, -0.1) is 0 Å². The molecular formula is C39H56Cl3N14NaO9S2. The van der Waals surface area contributed by atoms with Gasteiger partial charge in [-0.25, -0.2) is 39.9 Å². The maximum absolute atomic E-state index is 9.95. The van der Waals surface area contributed by atoms with E-state index >= 15 is 0 Å². The summed E-state index contributed by atoms with van der Waals surface area (Å²) in [6.07, 6.45) is 5.07. The average Bonchev–Trinajstić information content (AvgIpc) is 4.12. The molecule has 8 N–H and O–H groups in total. The Labute approximate surface area is 440 Å². The molecule has 11 heterocycles. The van der Waals surface area contributed by atoms with Crippen molar-refractivity contribution in [2.24, 2.45) is 11.5 Å². The third kappa shape index (κ3) is 12.6. The molecule has 5 aliphatic rings. The van der Waals surface area contributed by atoms with E-state index in [2.05, 4.69) is 73.5 Å². The number of fused-ring (bicyclic) bond motifs is 5. The van der Waals surface area contributed by atoms with Crippen LogP contribution in [0.5, 0.6) is 0 Å². The quantitative estimate of drug-likeness (QED) is 0.0626. The van der Waals surface area contributed by atoms with Crippen LogP contribution in [-0.4, -0.2) is 146 Å². The van der Waals surface area contributed by atoms with Gasteiger partial charge in [0.2, 0.25) is 0 Å². The van der Waals surface area contributed by atoms with Crippen molar-refractivity contribution in [1.82, 2.24) is 59.0 Å². The molecule has 0 bridgehead atoms. The maximum Gasteiger partial charge on any atom is 1.00 e. The van der Waals surface area contributed by atoms with Gasteiger partial charge in [-0.3, -0.25) is 9.13 Å². The van der Waals surface area contributed by atoms with Crippen molar-refractivity contribution in [3.63, 3.8) is 0 Å². The first-order valence-electron chi connectivity index (χ1n) is 19.9. The Morgan fingerprint density at radius 1 is 0.691 bits per heavy atom. The first-order valence-corrected chi connectivity index (χ1v) is 21.9. The first-order chi connectivity index (χ1) is 30.7. The summed E-state index contributed by atoms with van der Waals surface area (Å²) in [6.45, 7) is 13.2. The Balaban J connectivity index is 0.000000240. The number of ether oxygens (including phenoxy) is 7. The number of thiocarbonyl (C=S) groups is 1. The number of halogens is 3. The Kier molecular flexibility index (Phi) is 19.9. The van der Waals surface area contributed by atoms with E-state index in [1.54, 1.807) is 17.8 Å². The van der Waals surface area contributed by atoms with Gasteiger partial charge in [0, 0.05) is 0 Å². The molecule has 68 heavy (non-hydrogen) atoms. The summed E-state index contributed by atoms with van der Waals surface area (Å²) in [5, 5.41) is 20.4. The fourth-order valence-corrected chi connectivity index (χ4v) is 8.53. The summed E-state index contributed by atoms with van der Waals surface area (Å²) in [5.74, 6) is -1.13. The number of aliphatic hydroxyl groups is 2. The molecule has 370 valence electrons. The van der Waals surface area contributed by atoms with Crippen LogP contribution >= 0.6 is 59.2 Å². The van der Waals surface area contributed by atoms with Crippen LogP contribution in [0.3, 0.4) is 0 Å². The van der Waals surface area contributed by atoms with E-state index in [-0.39, 0.29) is 99.4 Å². The van der Waals surface area contributed by atoms with Gasteiger partial charge in [-0.2, -0.15) is 0 Å². The number of aromatic nitrogens is 12. The van der Waals surface area contributed by atoms with Crippen molar-refractivity contribution in [3.8, 4) is 0 Å². The van der Waals surface area contributed by atoms with Crippen molar-refractivity contribution in [2.75, 3.05) is 0 Å². The second-order valence-electron chi connectivity index (χ2n) is 16.0. The Morgan fingerprint density at radius 2 is 1.22 bits per heavy atom. The topological polar surface area (TPSA) is 302 Å². The minimum absolute atomic E-state index is 0. The molecule has 6 aromatic rings. The molecule has 0 aromatic carbocycles. The molecule has 0 aliphatic carbocycles. The van der Waals surface area contributed by atoms with E-state index in [9.17, 15) is 10.2 Å². The van der Waals surface area contributed by atoms with Crippen LogP contribution < -0.4 is 41.0 Å². The number of nitrogens with zero attached hydrogens (tertiary/aromatic N) is 10. The molecule has 0 radical (unpaired) electrons. The van der Waals surface area contributed by atoms with Crippen LogP contribution in [0.2, 0.25) is 10.3 Å². The summed E-state index contributed by atoms with van der Waals surface area (Å²) in [6, 6.07) is 0. The number of H-pyrrole nitrogens is 2. The molecule has 5 fully saturated rings. The van der Waals surface area contributed by atoms with Crippen molar-refractivity contribution >= 4 is 97.8 Å².